The Labute approximate surface area is 171 Å². The quantitative estimate of drug-likeness (QED) is 0.739. The molecule has 28 heavy (non-hydrogen) atoms. The van der Waals surface area contributed by atoms with Crippen LogP contribution in [-0.2, 0) is 10.8 Å². The van der Waals surface area contributed by atoms with Crippen molar-refractivity contribution in [2.75, 3.05) is 18.1 Å². The lowest BCUT2D eigenvalue weighted by molar-refractivity contribution is 0.247. The van der Waals surface area contributed by atoms with Crippen LogP contribution in [0.5, 0.6) is 5.75 Å². The van der Waals surface area contributed by atoms with Crippen molar-refractivity contribution in [1.82, 2.24) is 10.3 Å². The molecule has 0 unspecified atom stereocenters. The highest BCUT2D eigenvalue weighted by atomic mass is 32.1. The minimum Gasteiger partial charge on any atom is -0.491 e. The van der Waals surface area contributed by atoms with Crippen molar-refractivity contribution in [3.63, 3.8) is 0 Å². The molecular formula is C20H29N3O3SSi. The van der Waals surface area contributed by atoms with Crippen molar-refractivity contribution in [3.8, 4) is 5.75 Å². The van der Waals surface area contributed by atoms with Crippen molar-refractivity contribution in [2.24, 2.45) is 0 Å². The molecule has 3 heterocycles. The van der Waals surface area contributed by atoms with Gasteiger partial charge in [0.2, 0.25) is 0 Å². The Morgan fingerprint density at radius 1 is 1.39 bits per heavy atom. The van der Waals surface area contributed by atoms with Crippen molar-refractivity contribution < 1.29 is 14.0 Å². The number of benzene rings is 1. The van der Waals surface area contributed by atoms with E-state index in [1.807, 2.05) is 6.92 Å². The number of hydrogen-bond acceptors (Lipinski definition) is 5. The zero-order chi connectivity index (χ0) is 20.3. The van der Waals surface area contributed by atoms with Gasteiger partial charge in [-0.15, -0.1) is 0 Å². The van der Waals surface area contributed by atoms with Crippen LogP contribution in [-0.4, -0.2) is 44.6 Å². The average molecular weight is 420 g/mol. The molecule has 0 aliphatic carbocycles. The van der Waals surface area contributed by atoms with E-state index in [0.29, 0.717) is 18.3 Å². The summed E-state index contributed by atoms with van der Waals surface area (Å²) in [5, 5.41) is 3.89. The lowest BCUT2D eigenvalue weighted by Gasteiger charge is -2.38. The van der Waals surface area contributed by atoms with Crippen molar-refractivity contribution in [1.29, 1.82) is 0 Å². The Hall–Kier alpha value is -1.64. The zero-order valence-electron chi connectivity index (χ0n) is 17.5. The maximum Gasteiger partial charge on any atom is 0.324 e. The van der Waals surface area contributed by atoms with Crippen LogP contribution >= 0.6 is 11.3 Å². The fourth-order valence-electron chi connectivity index (χ4n) is 3.42. The molecule has 8 heteroatoms. The maximum atomic E-state index is 12.7. The summed E-state index contributed by atoms with van der Waals surface area (Å²) in [6, 6.07) is 4.02. The number of nitrogens with zero attached hydrogens (tertiary/aromatic N) is 2. The van der Waals surface area contributed by atoms with E-state index in [1.165, 1.54) is 16.9 Å². The van der Waals surface area contributed by atoms with Gasteiger partial charge < -0.3 is 14.5 Å². The Balaban J connectivity index is 1.63. The van der Waals surface area contributed by atoms with Crippen LogP contribution in [0.1, 0.15) is 33.3 Å². The predicted octanol–water partition coefficient (Wildman–Crippen LogP) is 4.54. The topological polar surface area (TPSA) is 63.7 Å². The number of thiazole rings is 1. The summed E-state index contributed by atoms with van der Waals surface area (Å²) in [6.07, 6.45) is 0.919. The fraction of sp³-hybridized carbons (Fsp3) is 0.600. The third-order valence-electron chi connectivity index (χ3n) is 6.31. The number of anilines is 1. The number of rotatable bonds is 4. The molecule has 0 spiro atoms. The molecular weight excluding hydrogens is 390 g/mol. The number of nitrogens with one attached hydrogen (secondary N) is 1. The van der Waals surface area contributed by atoms with Gasteiger partial charge in [-0.3, -0.25) is 4.90 Å². The molecule has 2 aliphatic heterocycles. The first kappa shape index (κ1) is 19.7. The van der Waals surface area contributed by atoms with E-state index < -0.39 is 8.32 Å². The molecule has 1 N–H and O–H groups in total. The minimum atomic E-state index is -1.90. The molecule has 0 bridgehead atoms. The van der Waals surface area contributed by atoms with Gasteiger partial charge in [0.15, 0.2) is 13.4 Å². The highest BCUT2D eigenvalue weighted by molar-refractivity contribution is 7.22. The molecule has 2 aliphatic rings. The SMILES string of the molecule is C[C@@H]1NC(=O)N(c2nc3c4c(ccc3s2)CCO4)[C@@H]1CO[Si](C)(C)C(C)(C)C. The number of urea groups is 1. The maximum absolute atomic E-state index is 12.7. The first-order valence-corrected chi connectivity index (χ1v) is 13.6. The predicted molar refractivity (Wildman–Crippen MR) is 116 cm³/mol. The normalized spacial score (nSPS) is 22.5. The average Bonchev–Trinajstić information content (AvgIpc) is 3.27. The van der Waals surface area contributed by atoms with E-state index in [9.17, 15) is 4.79 Å². The second-order valence-corrected chi connectivity index (χ2v) is 15.1. The number of amides is 2. The van der Waals surface area contributed by atoms with Gasteiger partial charge in [0.05, 0.1) is 30.0 Å². The Morgan fingerprint density at radius 2 is 2.14 bits per heavy atom. The van der Waals surface area contributed by atoms with E-state index in [2.05, 4.69) is 51.3 Å². The summed E-state index contributed by atoms with van der Waals surface area (Å²) in [7, 11) is -1.90. The van der Waals surface area contributed by atoms with Crippen LogP contribution in [0.4, 0.5) is 9.93 Å². The van der Waals surface area contributed by atoms with Crippen molar-refractivity contribution >= 4 is 41.0 Å². The van der Waals surface area contributed by atoms with Crippen molar-refractivity contribution in [2.45, 2.75) is 64.3 Å². The molecule has 1 aromatic carbocycles. The lowest BCUT2D eigenvalue weighted by atomic mass is 10.1. The van der Waals surface area contributed by atoms with Crippen LogP contribution in [0.3, 0.4) is 0 Å². The standard InChI is InChI=1S/C20H29N3O3SSi/c1-12-14(11-26-28(5,6)20(2,3)4)23(18(24)21-12)19-22-16-15(27-19)8-7-13-9-10-25-17(13)16/h7-8,12,14H,9-11H2,1-6H3,(H,21,24)/t12-,14+/m0/s1. The monoisotopic (exact) mass is 419 g/mol. The van der Waals surface area contributed by atoms with E-state index in [-0.39, 0.29) is 23.2 Å². The minimum absolute atomic E-state index is 0.00578. The van der Waals surface area contributed by atoms with Gasteiger partial charge >= 0.3 is 6.03 Å². The smallest absolute Gasteiger partial charge is 0.324 e. The van der Waals surface area contributed by atoms with Gasteiger partial charge in [0, 0.05) is 6.42 Å². The number of carbonyl (C=O) groups is 1. The molecule has 0 radical (unpaired) electrons. The van der Waals surface area contributed by atoms with Gasteiger partial charge in [-0.25, -0.2) is 9.78 Å². The van der Waals surface area contributed by atoms with Gasteiger partial charge in [0.25, 0.3) is 0 Å². The fourth-order valence-corrected chi connectivity index (χ4v) is 5.46. The number of aromatic nitrogens is 1. The van der Waals surface area contributed by atoms with Gasteiger partial charge in [0.1, 0.15) is 11.3 Å². The third-order valence-corrected chi connectivity index (χ3v) is 11.8. The molecule has 6 nitrogen and oxygen atoms in total. The summed E-state index contributed by atoms with van der Waals surface area (Å²) in [5.74, 6) is 0.877. The summed E-state index contributed by atoms with van der Waals surface area (Å²) in [5.41, 5.74) is 2.06. The highest BCUT2D eigenvalue weighted by Crippen LogP contribution is 2.41. The molecule has 0 saturated carbocycles. The molecule has 2 amide bonds. The first-order chi connectivity index (χ1) is 13.1. The van der Waals surface area contributed by atoms with Gasteiger partial charge in [-0.1, -0.05) is 38.2 Å². The van der Waals surface area contributed by atoms with Gasteiger partial charge in [-0.2, -0.15) is 0 Å². The largest absolute Gasteiger partial charge is 0.491 e. The van der Waals surface area contributed by atoms with E-state index in [4.69, 9.17) is 14.1 Å². The molecule has 4 rings (SSSR count). The number of ether oxygens (including phenoxy) is 1. The lowest BCUT2D eigenvalue weighted by Crippen LogP contribution is -2.47. The van der Waals surface area contributed by atoms with E-state index in [1.54, 1.807) is 4.90 Å². The summed E-state index contributed by atoms with van der Waals surface area (Å²) in [4.78, 5) is 19.3. The highest BCUT2D eigenvalue weighted by Gasteiger charge is 2.43. The molecule has 2 aromatic rings. The second kappa shape index (κ2) is 6.71. The number of fused-ring (bicyclic) bond motifs is 3. The van der Waals surface area contributed by atoms with Crippen LogP contribution < -0.4 is 15.0 Å². The zero-order valence-corrected chi connectivity index (χ0v) is 19.3. The second-order valence-electron chi connectivity index (χ2n) is 9.24. The molecule has 1 saturated heterocycles. The molecule has 1 fully saturated rings. The Kier molecular flexibility index (Phi) is 4.71. The van der Waals surface area contributed by atoms with E-state index in [0.717, 1.165) is 22.4 Å². The van der Waals surface area contributed by atoms with Crippen LogP contribution in [0.15, 0.2) is 12.1 Å². The third kappa shape index (κ3) is 3.21. The number of carbonyl (C=O) groups excluding carboxylic acids is 1. The van der Waals surface area contributed by atoms with Crippen molar-refractivity contribution in [3.05, 3.63) is 17.7 Å². The molecule has 2 atom stereocenters. The van der Waals surface area contributed by atoms with Crippen LogP contribution in [0.25, 0.3) is 10.2 Å². The summed E-state index contributed by atoms with van der Waals surface area (Å²) < 4.78 is 13.3. The van der Waals surface area contributed by atoms with Crippen LogP contribution in [0.2, 0.25) is 18.1 Å². The summed E-state index contributed by atoms with van der Waals surface area (Å²) >= 11 is 1.54. The van der Waals surface area contributed by atoms with Crippen LogP contribution in [0, 0.1) is 0 Å². The van der Waals surface area contributed by atoms with Gasteiger partial charge in [-0.05, 0) is 36.7 Å². The Morgan fingerprint density at radius 3 is 2.86 bits per heavy atom. The Bertz CT molecular complexity index is 921. The van der Waals surface area contributed by atoms with E-state index >= 15 is 0 Å². The number of hydrogen-bond donors (Lipinski definition) is 1. The summed E-state index contributed by atoms with van der Waals surface area (Å²) in [6.45, 7) is 14.4. The first-order valence-electron chi connectivity index (χ1n) is 9.87. The molecule has 152 valence electrons. The molecule has 1 aromatic heterocycles.